The molecule has 0 bridgehead atoms. The number of aromatic nitrogens is 3. The monoisotopic (exact) mass is 394 g/mol. The van der Waals surface area contributed by atoms with Gasteiger partial charge in [-0.1, -0.05) is 26.0 Å². The van der Waals surface area contributed by atoms with E-state index in [1.807, 2.05) is 62.4 Å². The molecule has 0 spiro atoms. The van der Waals surface area contributed by atoms with Crippen LogP contribution in [0.3, 0.4) is 0 Å². The van der Waals surface area contributed by atoms with Crippen LogP contribution in [0, 0.1) is 5.92 Å². The number of carbonyl (C=O) groups excluding carboxylic acids is 1. The van der Waals surface area contributed by atoms with Crippen molar-refractivity contribution < 1.29 is 14.3 Å². The molecule has 0 atom stereocenters. The summed E-state index contributed by atoms with van der Waals surface area (Å²) in [5.41, 5.74) is 1.86. The van der Waals surface area contributed by atoms with Crippen LogP contribution >= 0.6 is 0 Å². The van der Waals surface area contributed by atoms with Gasteiger partial charge in [-0.3, -0.25) is 4.79 Å². The van der Waals surface area contributed by atoms with Crippen molar-refractivity contribution in [3.8, 4) is 22.9 Å². The molecule has 2 aromatic carbocycles. The van der Waals surface area contributed by atoms with Gasteiger partial charge in [0, 0.05) is 18.5 Å². The fourth-order valence-corrected chi connectivity index (χ4v) is 2.82. The number of benzene rings is 2. The predicted molar refractivity (Wildman–Crippen MR) is 112 cm³/mol. The van der Waals surface area contributed by atoms with E-state index in [2.05, 4.69) is 15.4 Å². The van der Waals surface area contributed by atoms with Crippen LogP contribution in [0.5, 0.6) is 11.5 Å². The smallest absolute Gasteiger partial charge is 0.250 e. The molecule has 1 aromatic heterocycles. The zero-order valence-corrected chi connectivity index (χ0v) is 17.2. The van der Waals surface area contributed by atoms with E-state index in [-0.39, 0.29) is 11.8 Å². The lowest BCUT2D eigenvalue weighted by atomic mass is 10.1. The molecule has 1 N–H and O–H groups in total. The maximum absolute atomic E-state index is 12.7. The Kier molecular flexibility index (Phi) is 6.49. The van der Waals surface area contributed by atoms with Crippen LogP contribution in [0.4, 0.5) is 5.95 Å². The van der Waals surface area contributed by atoms with Crippen molar-refractivity contribution >= 4 is 11.9 Å². The van der Waals surface area contributed by atoms with E-state index in [4.69, 9.17) is 9.47 Å². The zero-order valence-electron chi connectivity index (χ0n) is 17.2. The van der Waals surface area contributed by atoms with Crippen molar-refractivity contribution in [3.63, 3.8) is 0 Å². The van der Waals surface area contributed by atoms with E-state index in [1.165, 1.54) is 4.68 Å². The van der Waals surface area contributed by atoms with Crippen LogP contribution in [-0.2, 0) is 6.54 Å². The third-order valence-electron chi connectivity index (χ3n) is 4.38. The highest BCUT2D eigenvalue weighted by Gasteiger charge is 2.18. The average Bonchev–Trinajstić information content (AvgIpc) is 3.16. The Labute approximate surface area is 170 Å². The second kappa shape index (κ2) is 9.23. The first-order valence-corrected chi connectivity index (χ1v) is 9.51. The first kappa shape index (κ1) is 20.4. The Morgan fingerprint density at radius 2 is 1.59 bits per heavy atom. The maximum Gasteiger partial charge on any atom is 0.250 e. The van der Waals surface area contributed by atoms with E-state index >= 15 is 0 Å². The standard InChI is InChI=1S/C22H26N4O3/c1-15(2)13-20(27)26-22(23-14-16-5-9-18(28-3)10-6-16)24-21(25-26)17-7-11-19(29-4)12-8-17/h5-12,15H,13-14H2,1-4H3,(H,23,24,25). The molecule has 3 rings (SSSR count). The number of ether oxygens (including phenoxy) is 2. The number of hydrogen-bond donors (Lipinski definition) is 1. The van der Waals surface area contributed by atoms with Crippen molar-refractivity contribution in [2.24, 2.45) is 5.92 Å². The van der Waals surface area contributed by atoms with Crippen LogP contribution in [0.25, 0.3) is 11.4 Å². The molecule has 0 saturated heterocycles. The fraction of sp³-hybridized carbons (Fsp3) is 0.318. The van der Waals surface area contributed by atoms with Gasteiger partial charge >= 0.3 is 0 Å². The van der Waals surface area contributed by atoms with Crippen molar-refractivity contribution in [3.05, 3.63) is 54.1 Å². The largest absolute Gasteiger partial charge is 0.497 e. The minimum Gasteiger partial charge on any atom is -0.497 e. The van der Waals surface area contributed by atoms with Crippen molar-refractivity contribution in [2.75, 3.05) is 19.5 Å². The molecular formula is C22H26N4O3. The summed E-state index contributed by atoms with van der Waals surface area (Å²) in [6.07, 6.45) is 0.391. The third-order valence-corrected chi connectivity index (χ3v) is 4.38. The molecule has 3 aromatic rings. The summed E-state index contributed by atoms with van der Waals surface area (Å²) >= 11 is 0. The van der Waals surface area contributed by atoms with Gasteiger partial charge in [0.1, 0.15) is 11.5 Å². The van der Waals surface area contributed by atoms with Gasteiger partial charge in [0.25, 0.3) is 0 Å². The van der Waals surface area contributed by atoms with Gasteiger partial charge in [-0.2, -0.15) is 9.67 Å². The van der Waals surface area contributed by atoms with Crippen LogP contribution in [-0.4, -0.2) is 34.9 Å². The highest BCUT2D eigenvalue weighted by molar-refractivity contribution is 5.81. The number of anilines is 1. The lowest BCUT2D eigenvalue weighted by Crippen LogP contribution is -2.18. The quantitative estimate of drug-likeness (QED) is 0.615. The molecule has 29 heavy (non-hydrogen) atoms. The minimum atomic E-state index is -0.0931. The first-order valence-electron chi connectivity index (χ1n) is 9.51. The molecule has 0 unspecified atom stereocenters. The molecule has 0 aliphatic carbocycles. The van der Waals surface area contributed by atoms with Gasteiger partial charge < -0.3 is 14.8 Å². The van der Waals surface area contributed by atoms with Crippen LogP contribution in [0.1, 0.15) is 30.6 Å². The average molecular weight is 394 g/mol. The normalized spacial score (nSPS) is 10.8. The van der Waals surface area contributed by atoms with E-state index in [0.717, 1.165) is 22.6 Å². The first-order chi connectivity index (χ1) is 14.0. The fourth-order valence-electron chi connectivity index (χ4n) is 2.82. The molecule has 0 radical (unpaired) electrons. The molecule has 0 fully saturated rings. The molecule has 7 nitrogen and oxygen atoms in total. The van der Waals surface area contributed by atoms with E-state index in [9.17, 15) is 4.79 Å². The van der Waals surface area contributed by atoms with Gasteiger partial charge in [-0.25, -0.2) is 0 Å². The predicted octanol–water partition coefficient (Wildman–Crippen LogP) is 4.26. The molecule has 0 saturated carbocycles. The van der Waals surface area contributed by atoms with Gasteiger partial charge in [-0.15, -0.1) is 5.10 Å². The highest BCUT2D eigenvalue weighted by Crippen LogP contribution is 2.22. The third kappa shape index (κ3) is 5.13. The van der Waals surface area contributed by atoms with E-state index < -0.39 is 0 Å². The molecule has 0 aliphatic heterocycles. The zero-order chi connectivity index (χ0) is 20.8. The Morgan fingerprint density at radius 1 is 1.00 bits per heavy atom. The lowest BCUT2D eigenvalue weighted by Gasteiger charge is -2.09. The number of rotatable bonds is 8. The summed E-state index contributed by atoms with van der Waals surface area (Å²) in [5.74, 6) is 2.60. The Bertz CT molecular complexity index is 947. The van der Waals surface area contributed by atoms with Crippen LogP contribution < -0.4 is 14.8 Å². The summed E-state index contributed by atoms with van der Waals surface area (Å²) in [4.78, 5) is 17.3. The summed E-state index contributed by atoms with van der Waals surface area (Å²) in [6.45, 7) is 4.52. The van der Waals surface area contributed by atoms with Gasteiger partial charge in [0.2, 0.25) is 11.9 Å². The Morgan fingerprint density at radius 3 is 2.14 bits per heavy atom. The number of hydrogen-bond acceptors (Lipinski definition) is 6. The van der Waals surface area contributed by atoms with Gasteiger partial charge in [-0.05, 0) is 47.9 Å². The Balaban J connectivity index is 1.85. The minimum absolute atomic E-state index is 0.0931. The summed E-state index contributed by atoms with van der Waals surface area (Å²) in [5, 5.41) is 7.70. The van der Waals surface area contributed by atoms with Gasteiger partial charge in [0.15, 0.2) is 5.82 Å². The van der Waals surface area contributed by atoms with Gasteiger partial charge in [0.05, 0.1) is 14.2 Å². The lowest BCUT2D eigenvalue weighted by molar-refractivity contribution is 0.0873. The van der Waals surface area contributed by atoms with E-state index in [1.54, 1.807) is 14.2 Å². The molecule has 7 heteroatoms. The molecule has 1 heterocycles. The number of nitrogens with zero attached hydrogens (tertiary/aromatic N) is 3. The molecular weight excluding hydrogens is 368 g/mol. The Hall–Kier alpha value is -3.35. The number of methoxy groups -OCH3 is 2. The van der Waals surface area contributed by atoms with Crippen molar-refractivity contribution in [1.29, 1.82) is 0 Å². The molecule has 0 amide bonds. The SMILES string of the molecule is COc1ccc(CNc2nc(-c3ccc(OC)cc3)nn2C(=O)CC(C)C)cc1. The summed E-state index contributed by atoms with van der Waals surface area (Å²) in [6, 6.07) is 15.2. The van der Waals surface area contributed by atoms with Crippen LogP contribution in [0.2, 0.25) is 0 Å². The number of nitrogens with one attached hydrogen (secondary N) is 1. The molecule has 0 aliphatic rings. The molecule has 152 valence electrons. The van der Waals surface area contributed by atoms with E-state index in [0.29, 0.717) is 24.7 Å². The number of carbonyl (C=O) groups is 1. The van der Waals surface area contributed by atoms with Crippen LogP contribution in [0.15, 0.2) is 48.5 Å². The topological polar surface area (TPSA) is 78.3 Å². The summed E-state index contributed by atoms with van der Waals surface area (Å²) in [7, 11) is 3.25. The second-order valence-corrected chi connectivity index (χ2v) is 7.09. The second-order valence-electron chi connectivity index (χ2n) is 7.09. The van der Waals surface area contributed by atoms with Crippen molar-refractivity contribution in [1.82, 2.24) is 14.8 Å². The maximum atomic E-state index is 12.7. The van der Waals surface area contributed by atoms with Crippen molar-refractivity contribution in [2.45, 2.75) is 26.8 Å². The highest BCUT2D eigenvalue weighted by atomic mass is 16.5. The summed E-state index contributed by atoms with van der Waals surface area (Å²) < 4.78 is 11.8.